The molecule has 1 aliphatic carbocycles. The minimum Gasteiger partial charge on any atom is -0.166 e. The van der Waals surface area contributed by atoms with Crippen molar-refractivity contribution in [3.05, 3.63) is 11.6 Å². The number of allylic oxidation sites excluding steroid dienone is 2. The maximum Gasteiger partial charge on any atom is 0.421 e. The molecule has 0 bridgehead atoms. The Morgan fingerprint density at radius 1 is 0.812 bits per heavy atom. The number of hydrogen-bond acceptors (Lipinski definition) is 0. The van der Waals surface area contributed by atoms with Crippen molar-refractivity contribution in [2.24, 2.45) is 5.92 Å². The molecule has 0 heterocycles. The molecule has 1 aliphatic rings. The Morgan fingerprint density at radius 2 is 1.25 bits per heavy atom. The Morgan fingerprint density at radius 3 is 1.62 bits per heavy atom. The van der Waals surface area contributed by atoms with Crippen molar-refractivity contribution in [3.8, 4) is 0 Å². The molecule has 0 N–H and O–H groups in total. The number of rotatable bonds is 1. The summed E-state index contributed by atoms with van der Waals surface area (Å²) in [6.07, 6.45) is -7.15. The van der Waals surface area contributed by atoms with Crippen molar-refractivity contribution in [3.63, 3.8) is 0 Å². The molecule has 1 fully saturated rings. The lowest BCUT2D eigenvalue weighted by atomic mass is 9.87. The molecule has 0 aromatic heterocycles. The van der Waals surface area contributed by atoms with E-state index in [0.29, 0.717) is 31.8 Å². The van der Waals surface area contributed by atoms with Gasteiger partial charge in [-0.05, 0) is 18.8 Å². The molecule has 94 valence electrons. The van der Waals surface area contributed by atoms with Crippen LogP contribution in [0, 0.1) is 5.92 Å². The second kappa shape index (κ2) is 4.67. The van der Waals surface area contributed by atoms with Gasteiger partial charge in [0.25, 0.3) is 0 Å². The molecule has 0 aromatic rings. The van der Waals surface area contributed by atoms with E-state index in [0.717, 1.165) is 6.42 Å². The summed E-state index contributed by atoms with van der Waals surface area (Å²) in [5.41, 5.74) is -2.35. The van der Waals surface area contributed by atoms with Crippen LogP contribution in [0.2, 0.25) is 0 Å². The molecule has 1 saturated carbocycles. The zero-order valence-electron chi connectivity index (χ0n) is 8.46. The van der Waals surface area contributed by atoms with Gasteiger partial charge in [-0.3, -0.25) is 0 Å². The quantitative estimate of drug-likeness (QED) is 0.468. The van der Waals surface area contributed by atoms with Gasteiger partial charge in [0.2, 0.25) is 0 Å². The first-order valence-electron chi connectivity index (χ1n) is 5.07. The Balaban J connectivity index is 2.87. The van der Waals surface area contributed by atoms with E-state index >= 15 is 0 Å². The molecule has 6 heteroatoms. The fourth-order valence-electron chi connectivity index (χ4n) is 1.89. The predicted molar refractivity (Wildman–Crippen MR) is 46.8 cm³/mol. The van der Waals surface area contributed by atoms with E-state index in [1.165, 1.54) is 0 Å². The molecule has 0 radical (unpaired) electrons. The van der Waals surface area contributed by atoms with Gasteiger partial charge >= 0.3 is 12.4 Å². The van der Waals surface area contributed by atoms with Crippen LogP contribution in [0.5, 0.6) is 0 Å². The second-order valence-electron chi connectivity index (χ2n) is 3.97. The van der Waals surface area contributed by atoms with E-state index in [1.807, 2.05) is 0 Å². The van der Waals surface area contributed by atoms with E-state index in [4.69, 9.17) is 0 Å². The number of hydrogen-bond donors (Lipinski definition) is 0. The molecule has 0 saturated heterocycles. The summed E-state index contributed by atoms with van der Waals surface area (Å²) in [6.45, 7) is 0. The minimum absolute atomic E-state index is 0.360. The van der Waals surface area contributed by atoms with E-state index in [1.54, 1.807) is 0 Å². The summed E-state index contributed by atoms with van der Waals surface area (Å²) in [4.78, 5) is 0. The molecule has 1 rings (SSSR count). The SMILES string of the molecule is FC(F)(F)C(=CC1CCCCC1)C(F)(F)F. The van der Waals surface area contributed by atoms with Crippen LogP contribution in [-0.2, 0) is 0 Å². The summed E-state index contributed by atoms with van der Waals surface area (Å²) in [6, 6.07) is 0. The van der Waals surface area contributed by atoms with E-state index in [9.17, 15) is 26.3 Å². The van der Waals surface area contributed by atoms with Gasteiger partial charge in [0.1, 0.15) is 5.57 Å². The first-order chi connectivity index (χ1) is 7.21. The van der Waals surface area contributed by atoms with Gasteiger partial charge in [0.15, 0.2) is 0 Å². The van der Waals surface area contributed by atoms with Gasteiger partial charge in [-0.25, -0.2) is 0 Å². The average molecular weight is 246 g/mol. The molecule has 0 unspecified atom stereocenters. The lowest BCUT2D eigenvalue weighted by molar-refractivity contribution is -0.172. The Labute approximate surface area is 89.3 Å². The summed E-state index contributed by atoms with van der Waals surface area (Å²) in [5, 5.41) is 0. The highest BCUT2D eigenvalue weighted by molar-refractivity contribution is 5.16. The van der Waals surface area contributed by atoms with E-state index < -0.39 is 23.8 Å². The molecular weight excluding hydrogens is 234 g/mol. The van der Waals surface area contributed by atoms with Crippen LogP contribution in [0.1, 0.15) is 32.1 Å². The molecule has 0 atom stereocenters. The average Bonchev–Trinajstić information content (AvgIpc) is 2.12. The molecular formula is C10H12F6. The third-order valence-corrected chi connectivity index (χ3v) is 2.66. The molecule has 0 aromatic carbocycles. The summed E-state index contributed by atoms with van der Waals surface area (Å²) >= 11 is 0. The first kappa shape index (κ1) is 13.4. The maximum absolute atomic E-state index is 12.2. The highest BCUT2D eigenvalue weighted by Gasteiger charge is 2.50. The lowest BCUT2D eigenvalue weighted by Gasteiger charge is -2.21. The standard InChI is InChI=1S/C10H12F6/c11-9(12,13)8(10(14,15)16)6-7-4-2-1-3-5-7/h6-7H,1-5H2. The van der Waals surface area contributed by atoms with E-state index in [2.05, 4.69) is 0 Å². The third-order valence-electron chi connectivity index (χ3n) is 2.66. The monoisotopic (exact) mass is 246 g/mol. The fourth-order valence-corrected chi connectivity index (χ4v) is 1.89. The molecule has 0 nitrogen and oxygen atoms in total. The topological polar surface area (TPSA) is 0 Å². The van der Waals surface area contributed by atoms with Gasteiger partial charge in [-0.15, -0.1) is 0 Å². The highest BCUT2D eigenvalue weighted by Crippen LogP contribution is 2.40. The Kier molecular flexibility index (Phi) is 3.91. The van der Waals surface area contributed by atoms with Crippen LogP contribution in [0.3, 0.4) is 0 Å². The lowest BCUT2D eigenvalue weighted by Crippen LogP contribution is -2.27. The molecule has 0 amide bonds. The van der Waals surface area contributed by atoms with Crippen LogP contribution in [0.15, 0.2) is 11.6 Å². The Hall–Kier alpha value is -0.680. The maximum atomic E-state index is 12.2. The van der Waals surface area contributed by atoms with Crippen LogP contribution < -0.4 is 0 Å². The summed E-state index contributed by atoms with van der Waals surface area (Å²) in [5.74, 6) is -0.591. The number of alkyl halides is 6. The van der Waals surface area contributed by atoms with E-state index in [-0.39, 0.29) is 0 Å². The molecule has 0 spiro atoms. The predicted octanol–water partition coefficient (Wildman–Crippen LogP) is 4.62. The zero-order chi connectivity index (χ0) is 12.4. The van der Waals surface area contributed by atoms with Crippen LogP contribution in [0.4, 0.5) is 26.3 Å². The number of halogens is 6. The van der Waals surface area contributed by atoms with Crippen LogP contribution in [0.25, 0.3) is 0 Å². The van der Waals surface area contributed by atoms with Crippen molar-refractivity contribution in [2.45, 2.75) is 44.5 Å². The van der Waals surface area contributed by atoms with Gasteiger partial charge in [0, 0.05) is 0 Å². The van der Waals surface area contributed by atoms with Crippen molar-refractivity contribution < 1.29 is 26.3 Å². The van der Waals surface area contributed by atoms with Crippen LogP contribution in [-0.4, -0.2) is 12.4 Å². The fraction of sp³-hybridized carbons (Fsp3) is 0.800. The van der Waals surface area contributed by atoms with Crippen molar-refractivity contribution in [1.82, 2.24) is 0 Å². The first-order valence-corrected chi connectivity index (χ1v) is 5.07. The summed E-state index contributed by atoms with van der Waals surface area (Å²) in [7, 11) is 0. The Bertz CT molecular complexity index is 237. The van der Waals surface area contributed by atoms with Gasteiger partial charge in [-0.2, -0.15) is 26.3 Å². The van der Waals surface area contributed by atoms with Gasteiger partial charge < -0.3 is 0 Å². The second-order valence-corrected chi connectivity index (χ2v) is 3.97. The highest BCUT2D eigenvalue weighted by atomic mass is 19.4. The van der Waals surface area contributed by atoms with Crippen LogP contribution >= 0.6 is 0 Å². The normalized spacial score (nSPS) is 19.6. The third kappa shape index (κ3) is 3.72. The minimum atomic E-state index is -5.31. The van der Waals surface area contributed by atoms with Crippen molar-refractivity contribution in [2.75, 3.05) is 0 Å². The van der Waals surface area contributed by atoms with Crippen molar-refractivity contribution in [1.29, 1.82) is 0 Å². The largest absolute Gasteiger partial charge is 0.421 e. The molecule has 16 heavy (non-hydrogen) atoms. The summed E-state index contributed by atoms with van der Waals surface area (Å²) < 4.78 is 73.1. The zero-order valence-corrected chi connectivity index (χ0v) is 8.46. The molecule has 0 aliphatic heterocycles. The van der Waals surface area contributed by atoms with Gasteiger partial charge in [-0.1, -0.05) is 25.3 Å². The van der Waals surface area contributed by atoms with Crippen molar-refractivity contribution >= 4 is 0 Å². The van der Waals surface area contributed by atoms with Gasteiger partial charge in [0.05, 0.1) is 0 Å². The smallest absolute Gasteiger partial charge is 0.166 e.